The van der Waals surface area contributed by atoms with Crippen LogP contribution >= 0.6 is 49.9 Å². The van der Waals surface area contributed by atoms with Crippen LogP contribution in [0.3, 0.4) is 0 Å². The first kappa shape index (κ1) is 10.6. The fraction of sp³-hybridized carbons (Fsp3) is 0.100. The molecular formula is C10H6BrIOS. The van der Waals surface area contributed by atoms with Crippen LogP contribution in [-0.4, -0.2) is 6.29 Å². The fourth-order valence-electron chi connectivity index (χ4n) is 1.43. The molecule has 1 aromatic carbocycles. The smallest absolute Gasteiger partial charge is 0.150 e. The molecule has 0 bridgehead atoms. The number of thiophene rings is 1. The fourth-order valence-corrected chi connectivity index (χ4v) is 4.06. The number of halogens is 2. The number of hydrogen-bond acceptors (Lipinski definition) is 2. The number of carbonyl (C=O) groups excluding carboxylic acids is 1. The first-order valence-corrected chi connectivity index (χ1v) is 7.05. The van der Waals surface area contributed by atoms with Crippen LogP contribution in [0.4, 0.5) is 0 Å². The van der Waals surface area contributed by atoms with Crippen molar-refractivity contribution in [2.75, 3.05) is 0 Å². The van der Waals surface area contributed by atoms with Crippen LogP contribution in [0.5, 0.6) is 0 Å². The minimum absolute atomic E-state index is 0.727. The van der Waals surface area contributed by atoms with Crippen molar-refractivity contribution in [3.8, 4) is 0 Å². The molecule has 2 rings (SSSR count). The molecule has 0 aliphatic rings. The van der Waals surface area contributed by atoms with Gasteiger partial charge < -0.3 is 0 Å². The van der Waals surface area contributed by atoms with Gasteiger partial charge in [-0.1, -0.05) is 15.9 Å². The van der Waals surface area contributed by atoms with Crippen LogP contribution in [0.15, 0.2) is 17.5 Å². The van der Waals surface area contributed by atoms with Crippen LogP contribution in [0.2, 0.25) is 0 Å². The maximum absolute atomic E-state index is 10.8. The monoisotopic (exact) mass is 380 g/mol. The first-order valence-electron chi connectivity index (χ1n) is 3.97. The summed E-state index contributed by atoms with van der Waals surface area (Å²) >= 11 is 7.46. The minimum Gasteiger partial charge on any atom is -0.298 e. The lowest BCUT2D eigenvalue weighted by Gasteiger charge is -2.03. The van der Waals surface area contributed by atoms with Gasteiger partial charge in [0, 0.05) is 29.9 Å². The largest absolute Gasteiger partial charge is 0.298 e. The summed E-state index contributed by atoms with van der Waals surface area (Å²) in [4.78, 5) is 10.8. The Morgan fingerprint density at radius 1 is 1.50 bits per heavy atom. The molecule has 0 saturated carbocycles. The van der Waals surface area contributed by atoms with Crippen molar-refractivity contribution >= 4 is 66.2 Å². The van der Waals surface area contributed by atoms with E-state index in [0.29, 0.717) is 0 Å². The number of rotatable bonds is 2. The normalized spacial score (nSPS) is 10.7. The van der Waals surface area contributed by atoms with E-state index < -0.39 is 0 Å². The molecule has 1 nitrogen and oxygen atoms in total. The summed E-state index contributed by atoms with van der Waals surface area (Å²) in [6.45, 7) is 0. The van der Waals surface area contributed by atoms with Gasteiger partial charge >= 0.3 is 0 Å². The molecule has 4 heteroatoms. The van der Waals surface area contributed by atoms with Crippen molar-refractivity contribution in [3.63, 3.8) is 0 Å². The zero-order valence-electron chi connectivity index (χ0n) is 7.09. The van der Waals surface area contributed by atoms with Gasteiger partial charge in [-0.15, -0.1) is 11.3 Å². The molecule has 1 aromatic heterocycles. The van der Waals surface area contributed by atoms with Gasteiger partial charge in [0.25, 0.3) is 0 Å². The predicted molar refractivity (Wildman–Crippen MR) is 72.6 cm³/mol. The van der Waals surface area contributed by atoms with Crippen molar-refractivity contribution < 1.29 is 4.79 Å². The van der Waals surface area contributed by atoms with Gasteiger partial charge in [-0.05, 0) is 40.3 Å². The van der Waals surface area contributed by atoms with Crippen molar-refractivity contribution in [2.24, 2.45) is 0 Å². The molecule has 1 heterocycles. The van der Waals surface area contributed by atoms with Gasteiger partial charge in [0.1, 0.15) is 6.29 Å². The van der Waals surface area contributed by atoms with Gasteiger partial charge in [-0.25, -0.2) is 0 Å². The lowest BCUT2D eigenvalue weighted by molar-refractivity contribution is 0.112. The third-order valence-corrected chi connectivity index (χ3v) is 4.88. The highest BCUT2D eigenvalue weighted by Crippen LogP contribution is 2.32. The zero-order valence-corrected chi connectivity index (χ0v) is 11.6. The Hall–Kier alpha value is 0.0600. The van der Waals surface area contributed by atoms with Crippen molar-refractivity contribution in [1.29, 1.82) is 0 Å². The van der Waals surface area contributed by atoms with Crippen molar-refractivity contribution in [3.05, 3.63) is 32.2 Å². The highest BCUT2D eigenvalue weighted by atomic mass is 127. The maximum Gasteiger partial charge on any atom is 0.150 e. The Morgan fingerprint density at radius 3 is 2.93 bits per heavy atom. The molecule has 0 saturated heterocycles. The summed E-state index contributed by atoms with van der Waals surface area (Å²) < 4.78 is 2.47. The molecule has 2 aromatic rings. The summed E-state index contributed by atoms with van der Waals surface area (Å²) in [6.07, 6.45) is 0.920. The summed E-state index contributed by atoms with van der Waals surface area (Å²) in [7, 11) is 0. The number of carbonyl (C=O) groups is 1. The minimum atomic E-state index is 0.727. The number of benzene rings is 1. The van der Waals surface area contributed by atoms with Gasteiger partial charge in [0.15, 0.2) is 0 Å². The zero-order chi connectivity index (χ0) is 10.1. The molecule has 0 N–H and O–H groups in total. The lowest BCUT2D eigenvalue weighted by Crippen LogP contribution is -1.90. The maximum atomic E-state index is 10.8. The Balaban J connectivity index is 2.87. The quantitative estimate of drug-likeness (QED) is 0.433. The van der Waals surface area contributed by atoms with E-state index in [1.165, 1.54) is 13.7 Å². The van der Waals surface area contributed by atoms with Crippen LogP contribution in [0, 0.1) is 3.57 Å². The second kappa shape index (κ2) is 4.28. The molecular weight excluding hydrogens is 375 g/mol. The number of hydrogen-bond donors (Lipinski definition) is 0. The van der Waals surface area contributed by atoms with Crippen molar-refractivity contribution in [2.45, 2.75) is 5.33 Å². The van der Waals surface area contributed by atoms with E-state index in [1.54, 1.807) is 11.3 Å². The summed E-state index contributed by atoms with van der Waals surface area (Å²) in [6, 6.07) is 3.90. The molecule has 0 spiro atoms. The molecule has 0 aliphatic carbocycles. The molecule has 0 amide bonds. The van der Waals surface area contributed by atoms with E-state index in [1.807, 2.05) is 12.1 Å². The number of aldehydes is 1. The van der Waals surface area contributed by atoms with Crippen LogP contribution in [0.1, 0.15) is 15.9 Å². The van der Waals surface area contributed by atoms with Gasteiger partial charge in [0.2, 0.25) is 0 Å². The molecule has 14 heavy (non-hydrogen) atoms. The average molecular weight is 381 g/mol. The SMILES string of the molecule is O=Cc1ccc2scc(I)c2c1CBr. The van der Waals surface area contributed by atoms with E-state index in [-0.39, 0.29) is 0 Å². The predicted octanol–water partition coefficient (Wildman–Crippen LogP) is 4.21. The third kappa shape index (κ3) is 1.63. The Bertz CT molecular complexity index is 492. The Morgan fingerprint density at radius 2 is 2.29 bits per heavy atom. The molecule has 0 atom stereocenters. The van der Waals surface area contributed by atoms with Crippen LogP contribution in [0.25, 0.3) is 10.1 Å². The summed E-state index contributed by atoms with van der Waals surface area (Å²) in [5, 5.41) is 4.06. The third-order valence-electron chi connectivity index (χ3n) is 2.10. The number of alkyl halides is 1. The second-order valence-corrected chi connectivity index (χ2v) is 5.48. The van der Waals surface area contributed by atoms with Crippen LogP contribution < -0.4 is 0 Å². The molecule has 72 valence electrons. The highest BCUT2D eigenvalue weighted by Gasteiger charge is 2.10. The van der Waals surface area contributed by atoms with E-state index >= 15 is 0 Å². The highest BCUT2D eigenvalue weighted by molar-refractivity contribution is 14.1. The first-order chi connectivity index (χ1) is 6.77. The topological polar surface area (TPSA) is 17.1 Å². The number of fused-ring (bicyclic) bond motifs is 1. The molecule has 0 fully saturated rings. The van der Waals surface area contributed by atoms with Crippen LogP contribution in [-0.2, 0) is 5.33 Å². The van der Waals surface area contributed by atoms with Gasteiger partial charge in [0.05, 0.1) is 0 Å². The Labute approximate surface area is 108 Å². The molecule has 0 radical (unpaired) electrons. The van der Waals surface area contributed by atoms with E-state index in [9.17, 15) is 4.79 Å². The Kier molecular flexibility index (Phi) is 3.23. The lowest BCUT2D eigenvalue weighted by atomic mass is 10.1. The van der Waals surface area contributed by atoms with Gasteiger partial charge in [-0.2, -0.15) is 0 Å². The molecule has 0 unspecified atom stereocenters. The van der Waals surface area contributed by atoms with Gasteiger partial charge in [-0.3, -0.25) is 4.79 Å². The standard InChI is InChI=1S/C10H6BrIOS/c11-3-7-6(4-13)1-2-9-10(7)8(12)5-14-9/h1-2,4-5H,3H2. The second-order valence-electron chi connectivity index (χ2n) is 2.84. The van der Waals surface area contributed by atoms with Crippen molar-refractivity contribution in [1.82, 2.24) is 0 Å². The van der Waals surface area contributed by atoms with E-state index in [2.05, 4.69) is 43.9 Å². The summed E-state index contributed by atoms with van der Waals surface area (Å²) in [5.74, 6) is 0. The van der Waals surface area contributed by atoms with E-state index in [4.69, 9.17) is 0 Å². The van der Waals surface area contributed by atoms with E-state index in [0.717, 1.165) is 22.7 Å². The average Bonchev–Trinajstić information content (AvgIpc) is 2.59. The molecule has 0 aliphatic heterocycles. The summed E-state index contributed by atoms with van der Waals surface area (Å²) in [5.41, 5.74) is 1.88.